The molecule has 7 heteroatoms. The highest BCUT2D eigenvalue weighted by molar-refractivity contribution is 9.39. The van der Waals surface area contributed by atoms with E-state index in [9.17, 15) is 4.79 Å². The van der Waals surface area contributed by atoms with Gasteiger partial charge in [-0.1, -0.05) is 95.6 Å². The molecule has 13 heavy (non-hydrogen) atoms. The summed E-state index contributed by atoms with van der Waals surface area (Å²) in [6.45, 7) is 0. The van der Waals surface area contributed by atoms with Gasteiger partial charge in [0.15, 0.2) is 0 Å². The smallest absolute Gasteiger partial charge is 0.201 e. The second kappa shape index (κ2) is 6.33. The van der Waals surface area contributed by atoms with Gasteiger partial charge in [0.2, 0.25) is 6.29 Å². The normalized spacial score (nSPS) is 13.5. The quantitative estimate of drug-likeness (QED) is 0.427. The zero-order chi connectivity index (χ0) is 10.7. The lowest BCUT2D eigenvalue weighted by Crippen LogP contribution is -2.17. The third-order valence-corrected chi connectivity index (χ3v) is 3.06. The Morgan fingerprint density at radius 2 is 1.23 bits per heavy atom. The third-order valence-electron chi connectivity index (χ3n) is 1.12. The van der Waals surface area contributed by atoms with Crippen LogP contribution in [0.25, 0.3) is 0 Å². The molecule has 0 aromatic carbocycles. The highest BCUT2D eigenvalue weighted by Crippen LogP contribution is 2.45. The van der Waals surface area contributed by atoms with Crippen LogP contribution < -0.4 is 0 Å². The highest BCUT2D eigenvalue weighted by atomic mass is 80.0. The van der Waals surface area contributed by atoms with Crippen molar-refractivity contribution in [3.63, 3.8) is 0 Å². The molecule has 0 aromatic rings. The minimum absolute atomic E-state index is 0.184. The topological polar surface area (TPSA) is 17.1 Å². The molecule has 0 heterocycles. The first-order valence-electron chi connectivity index (χ1n) is 3.15. The minimum Gasteiger partial charge on any atom is -0.291 e. The van der Waals surface area contributed by atoms with Crippen LogP contribution in [0.4, 0.5) is 0 Å². The summed E-state index contributed by atoms with van der Waals surface area (Å²) in [6, 6.07) is 0. The average Bonchev–Trinajstić information content (AvgIpc) is 1.79. The first-order chi connectivity index (χ1) is 5.64. The molecule has 0 bridgehead atoms. The molecule has 0 fully saturated rings. The fourth-order valence-electron chi connectivity index (χ4n) is 0.714. The summed E-state index contributed by atoms with van der Waals surface area (Å²) in [6.07, 6.45) is 3.18. The summed E-state index contributed by atoms with van der Waals surface area (Å²) in [5.74, 6) is -0.184. The van der Waals surface area contributed by atoms with Crippen LogP contribution in [-0.2, 0) is 4.79 Å². The summed E-state index contributed by atoms with van der Waals surface area (Å²) in [4.78, 5) is 10.6. The Bertz CT molecular complexity index is 153. The Morgan fingerprint density at radius 1 is 0.923 bits per heavy atom. The number of carbonyl (C=O) groups excluding carboxylic acids is 1. The van der Waals surface area contributed by atoms with Gasteiger partial charge in [-0.25, -0.2) is 0 Å². The van der Waals surface area contributed by atoms with E-state index >= 15 is 0 Å². The van der Waals surface area contributed by atoms with Gasteiger partial charge < -0.3 is 0 Å². The molecular weight excluding hydrogens is 567 g/mol. The Kier molecular flexibility index (Phi) is 7.57. The fourth-order valence-corrected chi connectivity index (χ4v) is 3.06. The molecule has 0 atom stereocenters. The van der Waals surface area contributed by atoms with E-state index in [1.807, 2.05) is 6.29 Å². The Labute approximate surface area is 128 Å². The van der Waals surface area contributed by atoms with Crippen LogP contribution in [0.3, 0.4) is 0 Å². The molecular formula is C6H5Br6O. The second-order valence-electron chi connectivity index (χ2n) is 2.45. The predicted molar refractivity (Wildman–Crippen MR) is 77.4 cm³/mol. The van der Waals surface area contributed by atoms with Crippen LogP contribution in [0.15, 0.2) is 0 Å². The van der Waals surface area contributed by atoms with E-state index in [2.05, 4.69) is 95.6 Å². The monoisotopic (exact) mass is 567 g/mol. The van der Waals surface area contributed by atoms with Crippen molar-refractivity contribution in [3.05, 3.63) is 0 Å². The zero-order valence-corrected chi connectivity index (χ0v) is 15.7. The van der Waals surface area contributed by atoms with Crippen LogP contribution in [0.1, 0.15) is 12.8 Å². The molecule has 0 saturated carbocycles. The molecule has 0 N–H and O–H groups in total. The number of rotatable bonds is 3. The van der Waals surface area contributed by atoms with Crippen molar-refractivity contribution in [1.29, 1.82) is 0 Å². The molecule has 0 aromatic heterocycles. The number of hydrogen-bond donors (Lipinski definition) is 0. The van der Waals surface area contributed by atoms with E-state index in [1.54, 1.807) is 0 Å². The number of alkyl halides is 6. The Morgan fingerprint density at radius 3 is 1.38 bits per heavy atom. The number of halogens is 6. The minimum atomic E-state index is -0.396. The van der Waals surface area contributed by atoms with Crippen LogP contribution in [0.5, 0.6) is 0 Å². The predicted octanol–water partition coefficient (Wildman–Crippen LogP) is 5.17. The standard InChI is InChI=1S/C6H5Br6O/c7-5(8,9)1-4(3-13)2-6(10,11)12/h4H,1-2H2. The molecule has 0 amide bonds. The first kappa shape index (κ1) is 15.6. The van der Waals surface area contributed by atoms with Gasteiger partial charge in [0, 0.05) is 5.92 Å². The highest BCUT2D eigenvalue weighted by Gasteiger charge is 2.30. The molecule has 0 unspecified atom stereocenters. The van der Waals surface area contributed by atoms with Crippen molar-refractivity contribution < 1.29 is 4.79 Å². The van der Waals surface area contributed by atoms with Crippen LogP contribution in [-0.4, -0.2) is 10.6 Å². The molecule has 1 nitrogen and oxygen atoms in total. The van der Waals surface area contributed by atoms with E-state index in [1.165, 1.54) is 0 Å². The molecule has 0 rings (SSSR count). The molecule has 0 saturated heterocycles. The van der Waals surface area contributed by atoms with E-state index in [0.717, 1.165) is 0 Å². The lowest BCUT2D eigenvalue weighted by atomic mass is 10.1. The van der Waals surface area contributed by atoms with Crippen LogP contribution >= 0.6 is 95.6 Å². The fraction of sp³-hybridized carbons (Fsp3) is 0.833. The Balaban J connectivity index is 4.13. The second-order valence-corrected chi connectivity index (χ2v) is 17.0. The van der Waals surface area contributed by atoms with Crippen molar-refractivity contribution in [2.24, 2.45) is 5.92 Å². The molecule has 1 radical (unpaired) electrons. The molecule has 0 spiro atoms. The first-order valence-corrected chi connectivity index (χ1v) is 7.91. The molecule has 0 aliphatic carbocycles. The number of hydrogen-bond acceptors (Lipinski definition) is 1. The largest absolute Gasteiger partial charge is 0.291 e. The molecule has 0 aliphatic rings. The van der Waals surface area contributed by atoms with E-state index < -0.39 is 4.29 Å². The van der Waals surface area contributed by atoms with Crippen molar-refractivity contribution in [1.82, 2.24) is 0 Å². The van der Waals surface area contributed by atoms with Gasteiger partial charge in [0.1, 0.15) is 4.29 Å². The summed E-state index contributed by atoms with van der Waals surface area (Å²) in [7, 11) is 0. The maximum atomic E-state index is 10.6. The van der Waals surface area contributed by atoms with Gasteiger partial charge >= 0.3 is 0 Å². The van der Waals surface area contributed by atoms with E-state index in [4.69, 9.17) is 0 Å². The van der Waals surface area contributed by atoms with Gasteiger partial charge in [0.25, 0.3) is 0 Å². The van der Waals surface area contributed by atoms with Gasteiger partial charge in [-0.15, -0.1) is 0 Å². The van der Waals surface area contributed by atoms with Crippen molar-refractivity contribution in [2.75, 3.05) is 0 Å². The van der Waals surface area contributed by atoms with Gasteiger partial charge in [-0.05, 0) is 12.8 Å². The maximum Gasteiger partial charge on any atom is 0.201 e. The summed E-state index contributed by atoms with van der Waals surface area (Å²) < 4.78 is -0.791. The van der Waals surface area contributed by atoms with Crippen molar-refractivity contribution in [2.45, 2.75) is 17.1 Å². The van der Waals surface area contributed by atoms with E-state index in [-0.39, 0.29) is 5.92 Å². The van der Waals surface area contributed by atoms with Crippen molar-refractivity contribution in [3.8, 4) is 0 Å². The third kappa shape index (κ3) is 10.8. The van der Waals surface area contributed by atoms with E-state index in [0.29, 0.717) is 12.8 Å². The summed E-state index contributed by atoms with van der Waals surface area (Å²) in [5.41, 5.74) is 0. The Hall–Kier alpha value is 2.55. The van der Waals surface area contributed by atoms with Gasteiger partial charge in [0.05, 0.1) is 0 Å². The van der Waals surface area contributed by atoms with Gasteiger partial charge in [-0.2, -0.15) is 0 Å². The molecule has 0 aliphatic heterocycles. The SMILES string of the molecule is O=[C]C(CC(Br)(Br)Br)CC(Br)(Br)Br. The van der Waals surface area contributed by atoms with Crippen molar-refractivity contribution >= 4 is 102 Å². The zero-order valence-electron chi connectivity index (χ0n) is 6.17. The van der Waals surface area contributed by atoms with Crippen LogP contribution in [0.2, 0.25) is 0 Å². The van der Waals surface area contributed by atoms with Crippen LogP contribution in [0, 0.1) is 5.92 Å². The lowest BCUT2D eigenvalue weighted by Gasteiger charge is -2.20. The lowest BCUT2D eigenvalue weighted by molar-refractivity contribution is 0.504. The maximum absolute atomic E-state index is 10.6. The average molecular weight is 573 g/mol. The van der Waals surface area contributed by atoms with Gasteiger partial charge in [-0.3, -0.25) is 4.79 Å². The molecule has 77 valence electrons. The summed E-state index contributed by atoms with van der Waals surface area (Å²) in [5, 5.41) is 0. The summed E-state index contributed by atoms with van der Waals surface area (Å²) >= 11 is 20.0.